The molecule has 0 atom stereocenters. The zero-order valence-corrected chi connectivity index (χ0v) is 20.2. The number of H-pyrrole nitrogens is 1. The molecule has 35 heavy (non-hydrogen) atoms. The SMILES string of the molecule is COc1ccc2cc(CNCCc3c[nH]c4ccccc34)c(-c3ccc(OC)c(OC)c3)nc2c1. The van der Waals surface area contributed by atoms with Crippen molar-refractivity contribution >= 4 is 21.8 Å². The molecule has 2 N–H and O–H groups in total. The van der Waals surface area contributed by atoms with E-state index in [9.17, 15) is 0 Å². The highest BCUT2D eigenvalue weighted by Gasteiger charge is 2.13. The molecule has 0 unspecified atom stereocenters. The maximum Gasteiger partial charge on any atom is 0.161 e. The highest BCUT2D eigenvalue weighted by Crippen LogP contribution is 2.34. The van der Waals surface area contributed by atoms with E-state index < -0.39 is 0 Å². The lowest BCUT2D eigenvalue weighted by atomic mass is 10.0. The normalized spacial score (nSPS) is 11.2. The van der Waals surface area contributed by atoms with E-state index in [1.54, 1.807) is 21.3 Å². The van der Waals surface area contributed by atoms with E-state index in [0.29, 0.717) is 18.0 Å². The second-order valence-electron chi connectivity index (χ2n) is 8.41. The monoisotopic (exact) mass is 467 g/mol. The Hall–Kier alpha value is -4.03. The molecule has 6 nitrogen and oxygen atoms in total. The fraction of sp³-hybridized carbons (Fsp3) is 0.207. The summed E-state index contributed by atoms with van der Waals surface area (Å²) in [5.74, 6) is 2.15. The first kappa shape index (κ1) is 22.7. The van der Waals surface area contributed by atoms with Gasteiger partial charge in [-0.25, -0.2) is 4.98 Å². The third kappa shape index (κ3) is 4.66. The molecule has 0 saturated heterocycles. The summed E-state index contributed by atoms with van der Waals surface area (Å²) in [4.78, 5) is 8.39. The van der Waals surface area contributed by atoms with Crippen LogP contribution in [0.2, 0.25) is 0 Å². The van der Waals surface area contributed by atoms with E-state index in [4.69, 9.17) is 19.2 Å². The number of hydrogen-bond acceptors (Lipinski definition) is 5. The summed E-state index contributed by atoms with van der Waals surface area (Å²) in [6, 6.07) is 22.5. The van der Waals surface area contributed by atoms with Gasteiger partial charge in [-0.3, -0.25) is 0 Å². The van der Waals surface area contributed by atoms with Crippen molar-refractivity contribution < 1.29 is 14.2 Å². The maximum absolute atomic E-state index is 5.55. The van der Waals surface area contributed by atoms with Crippen molar-refractivity contribution in [2.75, 3.05) is 27.9 Å². The van der Waals surface area contributed by atoms with Gasteiger partial charge in [-0.15, -0.1) is 0 Å². The Labute approximate surface area is 204 Å². The third-order valence-electron chi connectivity index (χ3n) is 6.32. The topological polar surface area (TPSA) is 68.4 Å². The number of aromatic amines is 1. The summed E-state index contributed by atoms with van der Waals surface area (Å²) in [5, 5.41) is 5.97. The number of pyridine rings is 1. The predicted octanol–water partition coefficient (Wildman–Crippen LogP) is 5.74. The van der Waals surface area contributed by atoms with Crippen LogP contribution < -0.4 is 19.5 Å². The lowest BCUT2D eigenvalue weighted by Crippen LogP contribution is -2.17. The van der Waals surface area contributed by atoms with E-state index in [2.05, 4.69) is 52.9 Å². The number of aromatic nitrogens is 2. The van der Waals surface area contributed by atoms with Gasteiger partial charge in [0, 0.05) is 40.7 Å². The minimum atomic E-state index is 0.677. The standard InChI is InChI=1S/C29H29N3O3/c1-33-23-10-8-19-14-22(17-30-13-12-21-18-31-25-7-5-4-6-24(21)25)29(32-26(19)16-23)20-9-11-27(34-2)28(15-20)35-3/h4-11,14-16,18,30-31H,12-13,17H2,1-3H3. The molecular formula is C29H29N3O3. The van der Waals surface area contributed by atoms with Gasteiger partial charge >= 0.3 is 0 Å². The van der Waals surface area contributed by atoms with Crippen LogP contribution in [0.3, 0.4) is 0 Å². The average molecular weight is 468 g/mol. The lowest BCUT2D eigenvalue weighted by Gasteiger charge is -2.15. The van der Waals surface area contributed by atoms with Gasteiger partial charge in [0.1, 0.15) is 5.75 Å². The fourth-order valence-corrected chi connectivity index (χ4v) is 4.47. The Morgan fingerprint density at radius 2 is 1.69 bits per heavy atom. The second-order valence-corrected chi connectivity index (χ2v) is 8.41. The quantitative estimate of drug-likeness (QED) is 0.271. The fourth-order valence-electron chi connectivity index (χ4n) is 4.47. The molecule has 5 rings (SSSR count). The van der Waals surface area contributed by atoms with Crippen LogP contribution in [0.5, 0.6) is 17.2 Å². The van der Waals surface area contributed by atoms with Crippen LogP contribution in [0.15, 0.2) is 72.9 Å². The molecule has 3 aromatic carbocycles. The molecule has 0 amide bonds. The van der Waals surface area contributed by atoms with E-state index in [-0.39, 0.29) is 0 Å². The first-order valence-electron chi connectivity index (χ1n) is 11.7. The molecule has 0 aliphatic rings. The first-order chi connectivity index (χ1) is 17.2. The van der Waals surface area contributed by atoms with Crippen LogP contribution in [0.1, 0.15) is 11.1 Å². The van der Waals surface area contributed by atoms with Gasteiger partial charge in [0.2, 0.25) is 0 Å². The van der Waals surface area contributed by atoms with Crippen molar-refractivity contribution in [3.05, 3.63) is 84.1 Å². The maximum atomic E-state index is 5.55. The summed E-state index contributed by atoms with van der Waals surface area (Å²) in [6.07, 6.45) is 3.04. The summed E-state index contributed by atoms with van der Waals surface area (Å²) in [7, 11) is 4.96. The van der Waals surface area contributed by atoms with E-state index >= 15 is 0 Å². The number of ether oxygens (including phenoxy) is 3. The van der Waals surface area contributed by atoms with Gasteiger partial charge in [-0.05, 0) is 66.6 Å². The van der Waals surface area contributed by atoms with E-state index in [1.807, 2.05) is 30.3 Å². The molecule has 0 spiro atoms. The summed E-state index contributed by atoms with van der Waals surface area (Å²) in [6.45, 7) is 1.55. The molecule has 2 heterocycles. The summed E-state index contributed by atoms with van der Waals surface area (Å²) < 4.78 is 16.4. The molecule has 6 heteroatoms. The minimum absolute atomic E-state index is 0.677. The van der Waals surface area contributed by atoms with Gasteiger partial charge in [0.25, 0.3) is 0 Å². The molecule has 178 valence electrons. The molecule has 0 aliphatic heterocycles. The number of methoxy groups -OCH3 is 3. The smallest absolute Gasteiger partial charge is 0.161 e. The van der Waals surface area contributed by atoms with Crippen molar-refractivity contribution in [3.63, 3.8) is 0 Å². The zero-order valence-electron chi connectivity index (χ0n) is 20.2. The minimum Gasteiger partial charge on any atom is -0.497 e. The highest BCUT2D eigenvalue weighted by molar-refractivity contribution is 5.85. The number of para-hydroxylation sites is 1. The van der Waals surface area contributed by atoms with Crippen molar-refractivity contribution in [1.29, 1.82) is 0 Å². The molecule has 5 aromatic rings. The van der Waals surface area contributed by atoms with Gasteiger partial charge in [0.05, 0.1) is 32.5 Å². The van der Waals surface area contributed by atoms with Gasteiger partial charge in [-0.1, -0.05) is 18.2 Å². The number of hydrogen-bond donors (Lipinski definition) is 2. The lowest BCUT2D eigenvalue weighted by molar-refractivity contribution is 0.355. The first-order valence-corrected chi connectivity index (χ1v) is 11.7. The van der Waals surface area contributed by atoms with Crippen molar-refractivity contribution in [3.8, 4) is 28.5 Å². The van der Waals surface area contributed by atoms with Gasteiger partial charge in [-0.2, -0.15) is 0 Å². The molecule has 0 aliphatic carbocycles. The van der Waals surface area contributed by atoms with Crippen molar-refractivity contribution in [2.24, 2.45) is 0 Å². The van der Waals surface area contributed by atoms with Crippen LogP contribution in [0, 0.1) is 0 Å². The second kappa shape index (κ2) is 10.1. The van der Waals surface area contributed by atoms with E-state index in [0.717, 1.165) is 46.4 Å². The Morgan fingerprint density at radius 1 is 0.829 bits per heavy atom. The van der Waals surface area contributed by atoms with E-state index in [1.165, 1.54) is 16.5 Å². The number of nitrogens with one attached hydrogen (secondary N) is 2. The number of benzene rings is 3. The Balaban J connectivity index is 1.43. The molecule has 0 radical (unpaired) electrons. The average Bonchev–Trinajstić information content (AvgIpc) is 3.33. The van der Waals surface area contributed by atoms with Crippen LogP contribution in [0.4, 0.5) is 0 Å². The summed E-state index contributed by atoms with van der Waals surface area (Å²) in [5.41, 5.74) is 6.38. The molecule has 0 bridgehead atoms. The van der Waals surface area contributed by atoms with Crippen LogP contribution in [-0.2, 0) is 13.0 Å². The number of nitrogens with zero attached hydrogens (tertiary/aromatic N) is 1. The highest BCUT2D eigenvalue weighted by atomic mass is 16.5. The van der Waals surface area contributed by atoms with Crippen molar-refractivity contribution in [2.45, 2.75) is 13.0 Å². The number of fused-ring (bicyclic) bond motifs is 2. The van der Waals surface area contributed by atoms with Crippen LogP contribution >= 0.6 is 0 Å². The Kier molecular flexibility index (Phi) is 6.55. The van der Waals surface area contributed by atoms with Crippen LogP contribution in [-0.4, -0.2) is 37.8 Å². The molecule has 0 fully saturated rings. The third-order valence-corrected chi connectivity index (χ3v) is 6.32. The molecular weight excluding hydrogens is 438 g/mol. The Bertz CT molecular complexity index is 1480. The summed E-state index contributed by atoms with van der Waals surface area (Å²) >= 11 is 0. The van der Waals surface area contributed by atoms with Gasteiger partial charge in [0.15, 0.2) is 11.5 Å². The van der Waals surface area contributed by atoms with Crippen LogP contribution in [0.25, 0.3) is 33.1 Å². The van der Waals surface area contributed by atoms with Crippen molar-refractivity contribution in [1.82, 2.24) is 15.3 Å². The largest absolute Gasteiger partial charge is 0.497 e. The zero-order chi connectivity index (χ0) is 24.2. The predicted molar refractivity (Wildman–Crippen MR) is 141 cm³/mol. The molecule has 0 saturated carbocycles. The van der Waals surface area contributed by atoms with Gasteiger partial charge < -0.3 is 24.5 Å². The Morgan fingerprint density at radius 3 is 2.51 bits per heavy atom. The molecule has 2 aromatic heterocycles. The number of rotatable bonds is 9.